The molecule has 11 heteroatoms. The number of rotatable bonds is 3. The first kappa shape index (κ1) is 18.3. The molecule has 0 spiro atoms. The van der Waals surface area contributed by atoms with Crippen LogP contribution in [0.15, 0.2) is 23.3 Å². The van der Waals surface area contributed by atoms with Crippen molar-refractivity contribution in [2.75, 3.05) is 13.1 Å². The standard InChI is InChI=1S/C15H15F3N4O4/c16-15(17,18)12(24)26-13-21-10-7-20-4-1-9(10)11(23)22(13)8-14(25)2-5-19-6-3-14/h1,4,7,19,25H,2-3,5-6,8H2. The molecule has 1 aliphatic heterocycles. The average molecular weight is 372 g/mol. The molecular weight excluding hydrogens is 357 g/mol. The summed E-state index contributed by atoms with van der Waals surface area (Å²) >= 11 is 0. The summed E-state index contributed by atoms with van der Waals surface area (Å²) in [5.41, 5.74) is -2.08. The minimum absolute atomic E-state index is 0.0176. The second-order valence-electron chi connectivity index (χ2n) is 6.04. The van der Waals surface area contributed by atoms with Gasteiger partial charge in [-0.05, 0) is 32.0 Å². The molecule has 0 atom stereocenters. The van der Waals surface area contributed by atoms with Gasteiger partial charge in [0.2, 0.25) is 0 Å². The van der Waals surface area contributed by atoms with Crippen molar-refractivity contribution < 1.29 is 27.8 Å². The smallest absolute Gasteiger partial charge is 0.388 e. The first-order valence-corrected chi connectivity index (χ1v) is 7.76. The number of hydrogen-bond acceptors (Lipinski definition) is 7. The summed E-state index contributed by atoms with van der Waals surface area (Å²) in [6.07, 6.45) is -2.19. The zero-order valence-corrected chi connectivity index (χ0v) is 13.4. The zero-order chi connectivity index (χ0) is 18.9. The summed E-state index contributed by atoms with van der Waals surface area (Å²) in [5, 5.41) is 13.8. The van der Waals surface area contributed by atoms with Gasteiger partial charge in [0.15, 0.2) is 0 Å². The first-order valence-electron chi connectivity index (χ1n) is 7.76. The van der Waals surface area contributed by atoms with Gasteiger partial charge in [-0.25, -0.2) is 4.79 Å². The van der Waals surface area contributed by atoms with Crippen molar-refractivity contribution in [1.82, 2.24) is 19.9 Å². The third-order valence-corrected chi connectivity index (χ3v) is 4.12. The third-order valence-electron chi connectivity index (χ3n) is 4.12. The number of nitrogens with one attached hydrogen (secondary N) is 1. The fraction of sp³-hybridized carbons (Fsp3) is 0.467. The van der Waals surface area contributed by atoms with E-state index < -0.39 is 29.3 Å². The number of piperidine rings is 1. The van der Waals surface area contributed by atoms with E-state index in [1.807, 2.05) is 0 Å². The van der Waals surface area contributed by atoms with Crippen molar-refractivity contribution in [3.8, 4) is 6.01 Å². The molecule has 0 unspecified atom stereocenters. The molecule has 1 aliphatic rings. The van der Waals surface area contributed by atoms with Gasteiger partial charge in [0.1, 0.15) is 0 Å². The summed E-state index contributed by atoms with van der Waals surface area (Å²) in [7, 11) is 0. The Balaban J connectivity index is 2.08. The molecule has 1 fully saturated rings. The van der Waals surface area contributed by atoms with E-state index in [1.54, 1.807) is 0 Å². The maximum atomic E-state index is 12.7. The minimum atomic E-state index is -5.25. The normalized spacial score (nSPS) is 17.2. The number of ether oxygens (including phenoxy) is 1. The van der Waals surface area contributed by atoms with Crippen molar-refractivity contribution in [3.05, 3.63) is 28.8 Å². The molecule has 2 aromatic rings. The van der Waals surface area contributed by atoms with Crippen molar-refractivity contribution in [1.29, 1.82) is 0 Å². The highest BCUT2D eigenvalue weighted by molar-refractivity contribution is 5.79. The van der Waals surface area contributed by atoms with Crippen molar-refractivity contribution in [3.63, 3.8) is 0 Å². The number of halogens is 3. The molecule has 0 saturated carbocycles. The number of alkyl halides is 3. The van der Waals surface area contributed by atoms with Gasteiger partial charge in [-0.1, -0.05) is 0 Å². The predicted octanol–water partition coefficient (Wildman–Crippen LogP) is 0.374. The highest BCUT2D eigenvalue weighted by Gasteiger charge is 2.42. The second kappa shape index (κ2) is 6.65. The van der Waals surface area contributed by atoms with E-state index in [0.717, 1.165) is 4.57 Å². The molecule has 0 amide bonds. The Morgan fingerprint density at radius 2 is 2.08 bits per heavy atom. The number of carbonyl (C=O) groups is 1. The summed E-state index contributed by atoms with van der Waals surface area (Å²) in [6.45, 7) is 0.612. The SMILES string of the molecule is O=C(Oc1nc2cnccc2c(=O)n1CC1(O)CCNCC1)C(F)(F)F. The number of carbonyl (C=O) groups excluding carboxylic acids is 1. The van der Waals surface area contributed by atoms with Gasteiger partial charge < -0.3 is 15.2 Å². The molecular formula is C15H15F3N4O4. The van der Waals surface area contributed by atoms with Gasteiger partial charge in [0.05, 0.1) is 29.2 Å². The topological polar surface area (TPSA) is 106 Å². The summed E-state index contributed by atoms with van der Waals surface area (Å²) in [5.74, 6) is -2.50. The van der Waals surface area contributed by atoms with Crippen LogP contribution in [0.1, 0.15) is 12.8 Å². The largest absolute Gasteiger partial charge is 0.491 e. The fourth-order valence-corrected chi connectivity index (χ4v) is 2.75. The summed E-state index contributed by atoms with van der Waals surface area (Å²) < 4.78 is 42.7. The van der Waals surface area contributed by atoms with Crippen molar-refractivity contribution >= 4 is 16.9 Å². The van der Waals surface area contributed by atoms with E-state index in [2.05, 4.69) is 20.0 Å². The Bertz CT molecular complexity index is 891. The molecule has 0 bridgehead atoms. The minimum Gasteiger partial charge on any atom is -0.388 e. The van der Waals surface area contributed by atoms with Crippen LogP contribution in [-0.2, 0) is 11.3 Å². The van der Waals surface area contributed by atoms with Crippen LogP contribution in [0.4, 0.5) is 13.2 Å². The highest BCUT2D eigenvalue weighted by Crippen LogP contribution is 2.24. The van der Waals surface area contributed by atoms with Crippen LogP contribution in [0.2, 0.25) is 0 Å². The van der Waals surface area contributed by atoms with E-state index in [-0.39, 0.29) is 30.3 Å². The number of fused-ring (bicyclic) bond motifs is 1. The van der Waals surface area contributed by atoms with Crippen molar-refractivity contribution in [2.45, 2.75) is 31.2 Å². The number of pyridine rings is 1. The van der Waals surface area contributed by atoms with Crippen LogP contribution < -0.4 is 15.6 Å². The van der Waals surface area contributed by atoms with Crippen molar-refractivity contribution in [2.24, 2.45) is 0 Å². The molecule has 2 aromatic heterocycles. The third kappa shape index (κ3) is 3.68. The van der Waals surface area contributed by atoms with Gasteiger partial charge in [-0.3, -0.25) is 14.3 Å². The Hall–Kier alpha value is -2.53. The Morgan fingerprint density at radius 1 is 1.38 bits per heavy atom. The van der Waals surface area contributed by atoms with E-state index in [1.165, 1.54) is 18.5 Å². The van der Waals surface area contributed by atoms with Gasteiger partial charge in [0.25, 0.3) is 5.56 Å². The van der Waals surface area contributed by atoms with Gasteiger partial charge in [-0.2, -0.15) is 18.2 Å². The lowest BCUT2D eigenvalue weighted by molar-refractivity contribution is -0.190. The number of esters is 1. The fourth-order valence-electron chi connectivity index (χ4n) is 2.75. The lowest BCUT2D eigenvalue weighted by Crippen LogP contribution is -2.47. The quantitative estimate of drug-likeness (QED) is 0.750. The van der Waals surface area contributed by atoms with E-state index in [9.17, 15) is 27.9 Å². The number of aliphatic hydroxyl groups is 1. The van der Waals surface area contributed by atoms with Gasteiger partial charge >= 0.3 is 18.2 Å². The molecule has 2 N–H and O–H groups in total. The van der Waals surface area contributed by atoms with E-state index in [4.69, 9.17) is 0 Å². The Labute approximate surface area is 144 Å². The van der Waals surface area contributed by atoms with E-state index in [0.29, 0.717) is 13.1 Å². The van der Waals surface area contributed by atoms with Crippen LogP contribution >= 0.6 is 0 Å². The number of nitrogens with zero attached hydrogens (tertiary/aromatic N) is 3. The number of hydrogen-bond donors (Lipinski definition) is 2. The molecule has 140 valence electrons. The molecule has 3 rings (SSSR count). The van der Waals surface area contributed by atoms with Gasteiger partial charge in [0, 0.05) is 6.20 Å². The Morgan fingerprint density at radius 3 is 2.73 bits per heavy atom. The van der Waals surface area contributed by atoms with E-state index >= 15 is 0 Å². The summed E-state index contributed by atoms with van der Waals surface area (Å²) in [4.78, 5) is 31.5. The van der Waals surface area contributed by atoms with Gasteiger partial charge in [-0.15, -0.1) is 0 Å². The monoisotopic (exact) mass is 372 g/mol. The van der Waals surface area contributed by atoms with Crippen LogP contribution in [0.3, 0.4) is 0 Å². The van der Waals surface area contributed by atoms with Crippen LogP contribution in [0.5, 0.6) is 6.01 Å². The first-order chi connectivity index (χ1) is 12.2. The molecule has 0 radical (unpaired) electrons. The highest BCUT2D eigenvalue weighted by atomic mass is 19.4. The average Bonchev–Trinajstić information content (AvgIpc) is 2.58. The Kier molecular flexibility index (Phi) is 4.67. The molecule has 26 heavy (non-hydrogen) atoms. The number of aromatic nitrogens is 3. The predicted molar refractivity (Wildman–Crippen MR) is 82.5 cm³/mol. The molecule has 0 aliphatic carbocycles. The maximum Gasteiger partial charge on any atom is 0.491 e. The van der Waals surface area contributed by atoms with Crippen LogP contribution in [-0.4, -0.2) is 50.5 Å². The molecule has 0 aromatic carbocycles. The van der Waals surface area contributed by atoms with Crippen LogP contribution in [0.25, 0.3) is 10.9 Å². The lowest BCUT2D eigenvalue weighted by atomic mass is 9.92. The molecule has 8 nitrogen and oxygen atoms in total. The second-order valence-corrected chi connectivity index (χ2v) is 6.04. The molecule has 3 heterocycles. The van der Waals surface area contributed by atoms with Crippen LogP contribution in [0, 0.1) is 0 Å². The summed E-state index contributed by atoms with van der Waals surface area (Å²) in [6, 6.07) is 0.521. The lowest BCUT2D eigenvalue weighted by Gasteiger charge is -2.33. The zero-order valence-electron chi connectivity index (χ0n) is 13.4. The molecule has 1 saturated heterocycles. The maximum absolute atomic E-state index is 12.7.